The van der Waals surface area contributed by atoms with Crippen molar-refractivity contribution >= 4 is 11.6 Å². The first kappa shape index (κ1) is 14.0. The Hall–Kier alpha value is -2.95. The molecular formula is C17H14N2O3. The zero-order valence-electron chi connectivity index (χ0n) is 12.2. The van der Waals surface area contributed by atoms with Crippen molar-refractivity contribution in [2.75, 3.05) is 7.11 Å². The van der Waals surface area contributed by atoms with Gasteiger partial charge in [0.25, 0.3) is 5.56 Å². The molecule has 0 aliphatic heterocycles. The van der Waals surface area contributed by atoms with Gasteiger partial charge in [-0.05, 0) is 18.6 Å². The molecule has 0 saturated carbocycles. The lowest BCUT2D eigenvalue weighted by molar-refractivity contribution is 0.0603. The fourth-order valence-corrected chi connectivity index (χ4v) is 2.57. The number of hydrogen-bond donors (Lipinski definition) is 0. The van der Waals surface area contributed by atoms with E-state index in [0.29, 0.717) is 22.3 Å². The minimum absolute atomic E-state index is 0.199. The molecule has 5 nitrogen and oxygen atoms in total. The number of benzene rings is 1. The van der Waals surface area contributed by atoms with E-state index in [0.717, 1.165) is 5.56 Å². The van der Waals surface area contributed by atoms with Crippen molar-refractivity contribution in [1.82, 2.24) is 9.38 Å². The van der Waals surface area contributed by atoms with Crippen LogP contribution in [0.3, 0.4) is 0 Å². The van der Waals surface area contributed by atoms with Crippen molar-refractivity contribution in [3.05, 3.63) is 70.3 Å². The second-order valence-corrected chi connectivity index (χ2v) is 4.85. The zero-order chi connectivity index (χ0) is 15.7. The van der Waals surface area contributed by atoms with Gasteiger partial charge in [0, 0.05) is 23.5 Å². The Morgan fingerprint density at radius 3 is 2.59 bits per heavy atom. The van der Waals surface area contributed by atoms with E-state index in [9.17, 15) is 9.59 Å². The highest BCUT2D eigenvalue weighted by Crippen LogP contribution is 2.28. The number of esters is 1. The molecule has 22 heavy (non-hydrogen) atoms. The van der Waals surface area contributed by atoms with Crippen LogP contribution in [0.1, 0.15) is 15.9 Å². The minimum atomic E-state index is -0.516. The van der Waals surface area contributed by atoms with Gasteiger partial charge in [0.15, 0.2) is 5.65 Å². The van der Waals surface area contributed by atoms with Gasteiger partial charge in [0.1, 0.15) is 5.56 Å². The monoisotopic (exact) mass is 294 g/mol. The van der Waals surface area contributed by atoms with Crippen molar-refractivity contribution < 1.29 is 9.53 Å². The number of aromatic nitrogens is 2. The molecule has 2 heterocycles. The lowest BCUT2D eigenvalue weighted by atomic mass is 9.96. The number of hydrogen-bond acceptors (Lipinski definition) is 4. The lowest BCUT2D eigenvalue weighted by Crippen LogP contribution is -2.22. The molecule has 2 aromatic heterocycles. The standard InChI is InChI=1S/C17H14N2O3/c1-11-13(12-7-4-3-5-8-12)14(17(21)22-2)15-18-9-6-10-19(15)16(11)20/h3-10H,1-2H3. The molecule has 0 bridgehead atoms. The first-order chi connectivity index (χ1) is 10.6. The van der Waals surface area contributed by atoms with Gasteiger partial charge >= 0.3 is 5.97 Å². The number of pyridine rings is 1. The van der Waals surface area contributed by atoms with E-state index in [-0.39, 0.29) is 5.56 Å². The normalized spacial score (nSPS) is 10.6. The highest BCUT2D eigenvalue weighted by molar-refractivity contribution is 6.03. The Bertz CT molecular complexity index is 914. The maximum Gasteiger partial charge on any atom is 0.342 e. The quantitative estimate of drug-likeness (QED) is 0.681. The summed E-state index contributed by atoms with van der Waals surface area (Å²) < 4.78 is 6.28. The van der Waals surface area contributed by atoms with Crippen molar-refractivity contribution in [3.63, 3.8) is 0 Å². The summed E-state index contributed by atoms with van der Waals surface area (Å²) in [7, 11) is 1.32. The van der Waals surface area contributed by atoms with Crippen LogP contribution in [0.5, 0.6) is 0 Å². The van der Waals surface area contributed by atoms with Gasteiger partial charge < -0.3 is 4.74 Å². The minimum Gasteiger partial charge on any atom is -0.465 e. The van der Waals surface area contributed by atoms with E-state index in [2.05, 4.69) is 4.98 Å². The average Bonchev–Trinajstić information content (AvgIpc) is 2.58. The van der Waals surface area contributed by atoms with Crippen LogP contribution in [0.25, 0.3) is 16.8 Å². The van der Waals surface area contributed by atoms with Crippen LogP contribution in [-0.2, 0) is 4.74 Å². The largest absolute Gasteiger partial charge is 0.465 e. The summed E-state index contributed by atoms with van der Waals surface area (Å²) in [6, 6.07) is 11.0. The predicted molar refractivity (Wildman–Crippen MR) is 83.0 cm³/mol. The summed E-state index contributed by atoms with van der Waals surface area (Å²) in [5, 5.41) is 0. The van der Waals surface area contributed by atoms with Gasteiger partial charge in [-0.25, -0.2) is 9.78 Å². The molecule has 3 rings (SSSR count). The summed E-state index contributed by atoms with van der Waals surface area (Å²) in [6.45, 7) is 1.70. The van der Waals surface area contributed by atoms with Crippen LogP contribution in [0.15, 0.2) is 53.6 Å². The SMILES string of the molecule is COC(=O)c1c(-c2ccccc2)c(C)c(=O)n2cccnc12. The summed E-state index contributed by atoms with van der Waals surface area (Å²) >= 11 is 0. The third kappa shape index (κ3) is 2.07. The van der Waals surface area contributed by atoms with Crippen molar-refractivity contribution in [2.45, 2.75) is 6.92 Å². The molecule has 0 N–H and O–H groups in total. The van der Waals surface area contributed by atoms with E-state index in [1.54, 1.807) is 25.4 Å². The highest BCUT2D eigenvalue weighted by atomic mass is 16.5. The van der Waals surface area contributed by atoms with E-state index in [4.69, 9.17) is 4.74 Å². The molecule has 0 radical (unpaired) electrons. The van der Waals surface area contributed by atoms with E-state index >= 15 is 0 Å². The molecule has 0 aliphatic carbocycles. The van der Waals surface area contributed by atoms with Gasteiger partial charge in [-0.3, -0.25) is 9.20 Å². The summed E-state index contributed by atoms with van der Waals surface area (Å²) in [5.74, 6) is -0.516. The first-order valence-corrected chi connectivity index (χ1v) is 6.79. The van der Waals surface area contributed by atoms with Gasteiger partial charge in [-0.15, -0.1) is 0 Å². The smallest absolute Gasteiger partial charge is 0.342 e. The maximum absolute atomic E-state index is 12.6. The molecule has 1 aromatic carbocycles. The second kappa shape index (κ2) is 5.44. The molecular weight excluding hydrogens is 280 g/mol. The van der Waals surface area contributed by atoms with E-state index in [1.807, 2.05) is 30.3 Å². The van der Waals surface area contributed by atoms with E-state index < -0.39 is 5.97 Å². The van der Waals surface area contributed by atoms with Crippen LogP contribution in [0.2, 0.25) is 0 Å². The number of carbonyl (C=O) groups is 1. The Labute approximate surface area is 126 Å². The second-order valence-electron chi connectivity index (χ2n) is 4.85. The molecule has 0 fully saturated rings. The molecule has 0 saturated heterocycles. The molecule has 0 spiro atoms. The van der Waals surface area contributed by atoms with Crippen LogP contribution in [0, 0.1) is 6.92 Å². The molecule has 3 aromatic rings. The Balaban J connectivity index is 2.53. The maximum atomic E-state index is 12.6. The highest BCUT2D eigenvalue weighted by Gasteiger charge is 2.23. The molecule has 0 unspecified atom stereocenters. The van der Waals surface area contributed by atoms with Gasteiger partial charge in [-0.1, -0.05) is 30.3 Å². The van der Waals surface area contributed by atoms with Gasteiger partial charge in [-0.2, -0.15) is 0 Å². The molecule has 5 heteroatoms. The van der Waals surface area contributed by atoms with Gasteiger partial charge in [0.2, 0.25) is 0 Å². The number of methoxy groups -OCH3 is 1. The fourth-order valence-electron chi connectivity index (χ4n) is 2.57. The Kier molecular flexibility index (Phi) is 3.47. The van der Waals surface area contributed by atoms with Crippen LogP contribution in [0.4, 0.5) is 0 Å². The van der Waals surface area contributed by atoms with Crippen molar-refractivity contribution in [2.24, 2.45) is 0 Å². The molecule has 0 aliphatic rings. The number of rotatable bonds is 2. The lowest BCUT2D eigenvalue weighted by Gasteiger charge is -2.14. The molecule has 110 valence electrons. The van der Waals surface area contributed by atoms with Crippen molar-refractivity contribution in [1.29, 1.82) is 0 Å². The Morgan fingerprint density at radius 1 is 1.18 bits per heavy atom. The topological polar surface area (TPSA) is 60.7 Å². The molecule has 0 amide bonds. The summed E-state index contributed by atoms with van der Waals surface area (Å²) in [5.41, 5.74) is 2.23. The summed E-state index contributed by atoms with van der Waals surface area (Å²) in [4.78, 5) is 29.1. The van der Waals surface area contributed by atoms with E-state index in [1.165, 1.54) is 11.5 Å². The number of carbonyl (C=O) groups excluding carboxylic acids is 1. The zero-order valence-corrected chi connectivity index (χ0v) is 12.2. The third-order valence-corrected chi connectivity index (χ3v) is 3.59. The first-order valence-electron chi connectivity index (χ1n) is 6.79. The average molecular weight is 294 g/mol. The predicted octanol–water partition coefficient (Wildman–Crippen LogP) is 2.46. The number of nitrogens with zero attached hydrogens (tertiary/aromatic N) is 2. The van der Waals surface area contributed by atoms with Crippen LogP contribution < -0.4 is 5.56 Å². The Morgan fingerprint density at radius 2 is 1.91 bits per heavy atom. The molecule has 0 atom stereocenters. The van der Waals surface area contributed by atoms with Crippen LogP contribution >= 0.6 is 0 Å². The fraction of sp³-hybridized carbons (Fsp3) is 0.118. The van der Waals surface area contributed by atoms with Crippen LogP contribution in [-0.4, -0.2) is 22.5 Å². The number of fused-ring (bicyclic) bond motifs is 1. The van der Waals surface area contributed by atoms with Gasteiger partial charge in [0.05, 0.1) is 7.11 Å². The van der Waals surface area contributed by atoms with Crippen molar-refractivity contribution in [3.8, 4) is 11.1 Å². The third-order valence-electron chi connectivity index (χ3n) is 3.59. The number of ether oxygens (including phenoxy) is 1. The summed E-state index contributed by atoms with van der Waals surface area (Å²) in [6.07, 6.45) is 3.14.